The quantitative estimate of drug-likeness (QED) is 0.718. The van der Waals surface area contributed by atoms with Crippen LogP contribution in [0.25, 0.3) is 0 Å². The highest BCUT2D eigenvalue weighted by Gasteiger charge is 2.35. The van der Waals surface area contributed by atoms with E-state index in [1.807, 2.05) is 4.90 Å². The molecule has 1 fully saturated rings. The monoisotopic (exact) mass is 284 g/mol. The Labute approximate surface area is 123 Å². The van der Waals surface area contributed by atoms with Crippen LogP contribution in [0.1, 0.15) is 65.2 Å². The van der Waals surface area contributed by atoms with Crippen molar-refractivity contribution in [2.45, 2.75) is 71.3 Å². The van der Waals surface area contributed by atoms with Crippen molar-refractivity contribution in [2.24, 2.45) is 11.1 Å². The van der Waals surface area contributed by atoms with Gasteiger partial charge in [-0.1, -0.05) is 33.1 Å². The van der Waals surface area contributed by atoms with Crippen LogP contribution in [-0.4, -0.2) is 41.7 Å². The largest absolute Gasteiger partial charge is 0.395 e. The maximum Gasteiger partial charge on any atom is 0.223 e. The lowest BCUT2D eigenvalue weighted by atomic mass is 9.71. The molecule has 1 saturated carbocycles. The molecule has 0 aliphatic heterocycles. The molecule has 0 heterocycles. The van der Waals surface area contributed by atoms with E-state index in [1.165, 1.54) is 19.3 Å². The van der Waals surface area contributed by atoms with Crippen molar-refractivity contribution in [1.29, 1.82) is 0 Å². The molecule has 0 bridgehead atoms. The summed E-state index contributed by atoms with van der Waals surface area (Å²) in [6.07, 6.45) is 8.24. The summed E-state index contributed by atoms with van der Waals surface area (Å²) < 4.78 is 0. The molecule has 0 saturated heterocycles. The van der Waals surface area contributed by atoms with Crippen molar-refractivity contribution < 1.29 is 9.90 Å². The molecule has 4 nitrogen and oxygen atoms in total. The van der Waals surface area contributed by atoms with Gasteiger partial charge in [0.25, 0.3) is 0 Å². The Bertz CT molecular complexity index is 284. The van der Waals surface area contributed by atoms with Crippen LogP contribution in [0.4, 0.5) is 0 Å². The summed E-state index contributed by atoms with van der Waals surface area (Å²) in [5.74, 6) is 0.181. The molecule has 20 heavy (non-hydrogen) atoms. The molecule has 1 amide bonds. The van der Waals surface area contributed by atoms with Crippen molar-refractivity contribution >= 4 is 5.91 Å². The smallest absolute Gasteiger partial charge is 0.223 e. The third-order valence-electron chi connectivity index (χ3n) is 4.92. The number of carbonyl (C=O) groups is 1. The molecule has 3 N–H and O–H groups in total. The van der Waals surface area contributed by atoms with E-state index < -0.39 is 0 Å². The number of aliphatic hydroxyl groups excluding tert-OH is 1. The van der Waals surface area contributed by atoms with Gasteiger partial charge in [0.2, 0.25) is 5.91 Å². The lowest BCUT2D eigenvalue weighted by Gasteiger charge is -2.39. The van der Waals surface area contributed by atoms with Gasteiger partial charge in [-0.05, 0) is 37.6 Å². The van der Waals surface area contributed by atoms with E-state index in [9.17, 15) is 9.90 Å². The van der Waals surface area contributed by atoms with Crippen LogP contribution in [0, 0.1) is 5.41 Å². The van der Waals surface area contributed by atoms with Gasteiger partial charge in [0.15, 0.2) is 0 Å². The van der Waals surface area contributed by atoms with Crippen LogP contribution in [0.3, 0.4) is 0 Å². The Hall–Kier alpha value is -0.610. The zero-order valence-electron chi connectivity index (χ0n) is 13.2. The summed E-state index contributed by atoms with van der Waals surface area (Å²) in [5, 5.41) is 9.23. The summed E-state index contributed by atoms with van der Waals surface area (Å²) in [4.78, 5) is 14.6. The molecule has 0 spiro atoms. The predicted molar refractivity (Wildman–Crippen MR) is 82.4 cm³/mol. The van der Waals surface area contributed by atoms with Gasteiger partial charge in [-0.3, -0.25) is 4.79 Å². The maximum atomic E-state index is 12.7. The number of rotatable bonds is 8. The number of hydrogen-bond acceptors (Lipinski definition) is 3. The summed E-state index contributed by atoms with van der Waals surface area (Å²) in [6.45, 7) is 5.30. The Morgan fingerprint density at radius 2 is 1.85 bits per heavy atom. The van der Waals surface area contributed by atoms with Crippen molar-refractivity contribution in [3.63, 3.8) is 0 Å². The Morgan fingerprint density at radius 3 is 2.30 bits per heavy atom. The Morgan fingerprint density at radius 1 is 1.25 bits per heavy atom. The number of amides is 1. The second-order valence-electron chi connectivity index (χ2n) is 6.22. The minimum atomic E-state index is 0.00900. The number of nitrogens with two attached hydrogens (primary N) is 1. The molecule has 1 rings (SSSR count). The van der Waals surface area contributed by atoms with Crippen molar-refractivity contribution in [3.05, 3.63) is 0 Å². The molecule has 0 unspecified atom stereocenters. The lowest BCUT2D eigenvalue weighted by Crippen LogP contribution is -2.45. The van der Waals surface area contributed by atoms with Crippen LogP contribution in [-0.2, 0) is 4.79 Å². The van der Waals surface area contributed by atoms with Crippen LogP contribution >= 0.6 is 0 Å². The van der Waals surface area contributed by atoms with Gasteiger partial charge in [0.05, 0.1) is 6.61 Å². The number of nitrogens with zero attached hydrogens (tertiary/aromatic N) is 1. The first kappa shape index (κ1) is 17.4. The van der Waals surface area contributed by atoms with E-state index in [4.69, 9.17) is 5.73 Å². The third kappa shape index (κ3) is 4.45. The van der Waals surface area contributed by atoms with Crippen molar-refractivity contribution in [2.75, 3.05) is 19.7 Å². The topological polar surface area (TPSA) is 66.6 Å². The molecule has 0 aromatic rings. The average molecular weight is 284 g/mol. The second kappa shape index (κ2) is 8.63. The average Bonchev–Trinajstić information content (AvgIpc) is 2.48. The van der Waals surface area contributed by atoms with Crippen molar-refractivity contribution in [3.8, 4) is 0 Å². The Balaban J connectivity index is 2.73. The first-order valence-electron chi connectivity index (χ1n) is 8.23. The van der Waals surface area contributed by atoms with E-state index in [1.54, 1.807) is 0 Å². The highest BCUT2D eigenvalue weighted by Crippen LogP contribution is 2.39. The number of carbonyl (C=O) groups excluding carboxylic acids is 1. The van der Waals surface area contributed by atoms with Gasteiger partial charge in [-0.15, -0.1) is 0 Å². The Kier molecular flexibility index (Phi) is 7.52. The van der Waals surface area contributed by atoms with E-state index in [2.05, 4.69) is 13.8 Å². The maximum absolute atomic E-state index is 12.7. The van der Waals surface area contributed by atoms with E-state index in [0.29, 0.717) is 19.5 Å². The van der Waals surface area contributed by atoms with Gasteiger partial charge in [0.1, 0.15) is 0 Å². The summed E-state index contributed by atoms with van der Waals surface area (Å²) in [7, 11) is 0. The van der Waals surface area contributed by atoms with Crippen molar-refractivity contribution in [1.82, 2.24) is 4.90 Å². The summed E-state index contributed by atoms with van der Waals surface area (Å²) in [6, 6.07) is 0.244. The molecule has 0 radical (unpaired) electrons. The minimum absolute atomic E-state index is 0.00900. The molecule has 0 aromatic carbocycles. The fraction of sp³-hybridized carbons (Fsp3) is 0.938. The summed E-state index contributed by atoms with van der Waals surface area (Å²) in [5.41, 5.74) is 5.99. The third-order valence-corrected chi connectivity index (χ3v) is 4.92. The molecule has 1 aliphatic rings. The first-order valence-corrected chi connectivity index (χ1v) is 8.23. The standard InChI is InChI=1S/C16H32N2O2/c1-3-14(4-2)18(10-11-19)15(20)12-16(13-17)8-6-5-7-9-16/h14,19H,3-13,17H2,1-2H3. The SMILES string of the molecule is CCC(CC)N(CCO)C(=O)CC1(CN)CCCCC1. The zero-order valence-corrected chi connectivity index (χ0v) is 13.2. The number of aliphatic hydroxyl groups is 1. The first-order chi connectivity index (χ1) is 9.62. The fourth-order valence-electron chi connectivity index (χ4n) is 3.53. The van der Waals surface area contributed by atoms with Crippen LogP contribution in [0.15, 0.2) is 0 Å². The van der Waals surface area contributed by atoms with Gasteiger partial charge in [-0.2, -0.15) is 0 Å². The molecule has 118 valence electrons. The van der Waals surface area contributed by atoms with E-state index in [0.717, 1.165) is 25.7 Å². The lowest BCUT2D eigenvalue weighted by molar-refractivity contribution is -0.137. The van der Waals surface area contributed by atoms with Crippen LogP contribution in [0.5, 0.6) is 0 Å². The molecule has 0 atom stereocenters. The predicted octanol–water partition coefficient (Wildman–Crippen LogP) is 2.30. The normalized spacial score (nSPS) is 18.2. The van der Waals surface area contributed by atoms with E-state index >= 15 is 0 Å². The highest BCUT2D eigenvalue weighted by atomic mass is 16.3. The zero-order chi connectivity index (χ0) is 15.0. The van der Waals surface area contributed by atoms with Gasteiger partial charge >= 0.3 is 0 Å². The van der Waals surface area contributed by atoms with Gasteiger partial charge in [-0.25, -0.2) is 0 Å². The van der Waals surface area contributed by atoms with E-state index in [-0.39, 0.29) is 24.0 Å². The molecule has 1 aliphatic carbocycles. The van der Waals surface area contributed by atoms with Gasteiger partial charge in [0, 0.05) is 19.0 Å². The number of hydrogen-bond donors (Lipinski definition) is 2. The fourth-order valence-corrected chi connectivity index (χ4v) is 3.53. The highest BCUT2D eigenvalue weighted by molar-refractivity contribution is 5.77. The van der Waals surface area contributed by atoms with Crippen LogP contribution < -0.4 is 5.73 Å². The molecular formula is C16H32N2O2. The summed E-state index contributed by atoms with van der Waals surface area (Å²) >= 11 is 0. The van der Waals surface area contributed by atoms with Crippen LogP contribution in [0.2, 0.25) is 0 Å². The molecular weight excluding hydrogens is 252 g/mol. The molecule has 0 aromatic heterocycles. The minimum Gasteiger partial charge on any atom is -0.395 e. The molecule has 4 heteroatoms. The van der Waals surface area contributed by atoms with Gasteiger partial charge < -0.3 is 15.7 Å². The second-order valence-corrected chi connectivity index (χ2v) is 6.22.